The van der Waals surface area contributed by atoms with E-state index in [9.17, 15) is 0 Å². The quantitative estimate of drug-likeness (QED) is 0.356. The number of hydrogen-bond donors (Lipinski definition) is 1. The predicted molar refractivity (Wildman–Crippen MR) is 62.4 cm³/mol. The average molecular weight is 220 g/mol. The number of rotatable bonds is 2. The molecule has 0 unspecified atom stereocenters. The number of thioether (sulfide) groups is 1. The minimum atomic E-state index is 0.569. The van der Waals surface area contributed by atoms with Crippen molar-refractivity contribution in [3.8, 4) is 6.19 Å². The van der Waals surface area contributed by atoms with Gasteiger partial charge in [-0.3, -0.25) is 15.3 Å². The monoisotopic (exact) mass is 220 g/mol. The van der Waals surface area contributed by atoms with Crippen molar-refractivity contribution in [1.82, 2.24) is 10.3 Å². The van der Waals surface area contributed by atoms with Gasteiger partial charge >= 0.3 is 0 Å². The van der Waals surface area contributed by atoms with Gasteiger partial charge in [-0.25, -0.2) is 0 Å². The topological polar surface area (TPSA) is 61.1 Å². The summed E-state index contributed by atoms with van der Waals surface area (Å²) >= 11 is 1.42. The summed E-state index contributed by atoms with van der Waals surface area (Å²) in [4.78, 5) is 8.29. The van der Waals surface area contributed by atoms with E-state index < -0.39 is 0 Å². The van der Waals surface area contributed by atoms with Gasteiger partial charge in [-0.2, -0.15) is 5.26 Å². The molecular formula is C10H12N4S. The first-order valence-electron chi connectivity index (χ1n) is 4.41. The summed E-state index contributed by atoms with van der Waals surface area (Å²) < 4.78 is 0. The van der Waals surface area contributed by atoms with Crippen molar-refractivity contribution in [2.24, 2.45) is 4.99 Å². The van der Waals surface area contributed by atoms with Crippen LogP contribution < -0.4 is 5.32 Å². The fourth-order valence-electron chi connectivity index (χ4n) is 1.04. The van der Waals surface area contributed by atoms with Crippen LogP contribution in [0.2, 0.25) is 0 Å². The maximum Gasteiger partial charge on any atom is 0.183 e. The van der Waals surface area contributed by atoms with E-state index in [0.717, 1.165) is 11.1 Å². The van der Waals surface area contributed by atoms with E-state index in [1.807, 2.05) is 25.4 Å². The summed E-state index contributed by atoms with van der Waals surface area (Å²) in [5.41, 5.74) is 2.23. The molecule has 0 amide bonds. The Bertz CT molecular complexity index is 395. The number of nitriles is 1. The fraction of sp³-hybridized carbons (Fsp3) is 0.300. The van der Waals surface area contributed by atoms with Gasteiger partial charge in [-0.05, 0) is 30.4 Å². The molecule has 0 atom stereocenters. The van der Waals surface area contributed by atoms with Crippen molar-refractivity contribution in [1.29, 1.82) is 5.26 Å². The molecule has 0 aliphatic heterocycles. The van der Waals surface area contributed by atoms with E-state index >= 15 is 0 Å². The largest absolute Gasteiger partial charge is 0.272 e. The van der Waals surface area contributed by atoms with Crippen LogP contribution in [0.25, 0.3) is 0 Å². The average Bonchev–Trinajstić information content (AvgIpc) is 2.26. The van der Waals surface area contributed by atoms with E-state index in [4.69, 9.17) is 5.26 Å². The molecule has 1 N–H and O–H groups in total. The summed E-state index contributed by atoms with van der Waals surface area (Å²) in [6.45, 7) is 2.56. The van der Waals surface area contributed by atoms with Gasteiger partial charge in [-0.15, -0.1) is 0 Å². The number of aliphatic imine (C=N–C) groups is 1. The van der Waals surface area contributed by atoms with Crippen LogP contribution in [0, 0.1) is 18.4 Å². The normalized spacial score (nSPS) is 10.9. The number of nitrogens with one attached hydrogen (secondary N) is 1. The Morgan fingerprint density at radius 2 is 2.53 bits per heavy atom. The second-order valence-electron chi connectivity index (χ2n) is 2.86. The fourth-order valence-corrected chi connectivity index (χ4v) is 1.38. The number of pyridine rings is 1. The second-order valence-corrected chi connectivity index (χ2v) is 3.66. The van der Waals surface area contributed by atoms with Gasteiger partial charge in [0.25, 0.3) is 0 Å². The highest BCUT2D eigenvalue weighted by atomic mass is 32.2. The first-order chi connectivity index (χ1) is 7.27. The molecule has 4 nitrogen and oxygen atoms in total. The standard InChI is InChI=1S/C10H12N4S/c1-8-5-12-4-3-9(8)6-13-10(15-2)14-7-11/h3-5H,6H2,1-2H3,(H,13,14). The number of nitrogens with zero attached hydrogens (tertiary/aromatic N) is 3. The van der Waals surface area contributed by atoms with Crippen molar-refractivity contribution in [3.63, 3.8) is 0 Å². The van der Waals surface area contributed by atoms with E-state index in [2.05, 4.69) is 15.3 Å². The minimum absolute atomic E-state index is 0.569. The zero-order valence-electron chi connectivity index (χ0n) is 8.69. The Morgan fingerprint density at radius 3 is 3.13 bits per heavy atom. The Morgan fingerprint density at radius 1 is 1.73 bits per heavy atom. The number of amidine groups is 1. The van der Waals surface area contributed by atoms with Crippen molar-refractivity contribution in [3.05, 3.63) is 29.6 Å². The third-order valence-corrected chi connectivity index (χ3v) is 2.50. The minimum Gasteiger partial charge on any atom is -0.272 e. The lowest BCUT2D eigenvalue weighted by molar-refractivity contribution is 1.02. The SMILES string of the molecule is CSC(=NCc1ccncc1C)NC#N. The molecule has 0 saturated heterocycles. The van der Waals surface area contributed by atoms with Gasteiger partial charge in [-0.1, -0.05) is 11.8 Å². The molecule has 0 aromatic carbocycles. The third kappa shape index (κ3) is 3.60. The van der Waals surface area contributed by atoms with Crippen molar-refractivity contribution in [2.75, 3.05) is 6.26 Å². The smallest absolute Gasteiger partial charge is 0.183 e. The summed E-state index contributed by atoms with van der Waals surface area (Å²) in [6.07, 6.45) is 7.28. The molecule has 1 rings (SSSR count). The Kier molecular flexibility index (Phi) is 4.64. The second kappa shape index (κ2) is 6.04. The molecule has 1 heterocycles. The van der Waals surface area contributed by atoms with Gasteiger partial charge in [0.2, 0.25) is 0 Å². The lowest BCUT2D eigenvalue weighted by Crippen LogP contribution is -2.13. The zero-order valence-corrected chi connectivity index (χ0v) is 9.51. The summed E-state index contributed by atoms with van der Waals surface area (Å²) in [7, 11) is 0. The van der Waals surface area contributed by atoms with Gasteiger partial charge in [0, 0.05) is 12.4 Å². The first-order valence-corrected chi connectivity index (χ1v) is 5.63. The van der Waals surface area contributed by atoms with Crippen LogP contribution in [0.1, 0.15) is 11.1 Å². The molecule has 5 heteroatoms. The molecule has 0 bridgehead atoms. The highest BCUT2D eigenvalue weighted by Gasteiger charge is 1.98. The zero-order chi connectivity index (χ0) is 11.1. The maximum absolute atomic E-state index is 8.45. The lowest BCUT2D eigenvalue weighted by atomic mass is 10.2. The molecule has 0 spiro atoms. The van der Waals surface area contributed by atoms with Crippen LogP contribution in [0.4, 0.5) is 0 Å². The highest BCUT2D eigenvalue weighted by molar-refractivity contribution is 8.13. The molecule has 0 aliphatic carbocycles. The Hall–Kier alpha value is -1.54. The molecule has 15 heavy (non-hydrogen) atoms. The van der Waals surface area contributed by atoms with E-state index in [1.54, 1.807) is 12.4 Å². The van der Waals surface area contributed by atoms with E-state index in [1.165, 1.54) is 11.8 Å². The van der Waals surface area contributed by atoms with Crippen molar-refractivity contribution in [2.45, 2.75) is 13.5 Å². The number of aromatic nitrogens is 1. The number of hydrogen-bond acceptors (Lipinski definition) is 4. The number of aryl methyl sites for hydroxylation is 1. The van der Waals surface area contributed by atoms with Crippen LogP contribution >= 0.6 is 11.8 Å². The van der Waals surface area contributed by atoms with Gasteiger partial charge in [0.15, 0.2) is 11.4 Å². The third-order valence-electron chi connectivity index (χ3n) is 1.89. The molecule has 78 valence electrons. The summed E-state index contributed by atoms with van der Waals surface area (Å²) in [5, 5.41) is 11.6. The Balaban J connectivity index is 2.71. The summed E-state index contributed by atoms with van der Waals surface area (Å²) in [5.74, 6) is 0. The molecule has 0 saturated carbocycles. The van der Waals surface area contributed by atoms with Crippen LogP contribution in [0.5, 0.6) is 0 Å². The van der Waals surface area contributed by atoms with Gasteiger partial charge < -0.3 is 0 Å². The van der Waals surface area contributed by atoms with Crippen LogP contribution in [-0.2, 0) is 6.54 Å². The molecule has 0 radical (unpaired) electrons. The highest BCUT2D eigenvalue weighted by Crippen LogP contribution is 2.07. The van der Waals surface area contributed by atoms with Gasteiger partial charge in [0.1, 0.15) is 0 Å². The summed E-state index contributed by atoms with van der Waals surface area (Å²) in [6, 6.07) is 1.93. The van der Waals surface area contributed by atoms with Crippen LogP contribution in [0.3, 0.4) is 0 Å². The predicted octanol–water partition coefficient (Wildman–Crippen LogP) is 1.68. The maximum atomic E-state index is 8.45. The van der Waals surface area contributed by atoms with Crippen molar-refractivity contribution >= 4 is 16.9 Å². The van der Waals surface area contributed by atoms with Gasteiger partial charge in [0.05, 0.1) is 6.54 Å². The molecule has 1 aromatic heterocycles. The lowest BCUT2D eigenvalue weighted by Gasteiger charge is -2.02. The van der Waals surface area contributed by atoms with Crippen molar-refractivity contribution < 1.29 is 0 Å². The van der Waals surface area contributed by atoms with E-state index in [0.29, 0.717) is 11.7 Å². The molecule has 1 aromatic rings. The molecule has 0 aliphatic rings. The van der Waals surface area contributed by atoms with Crippen LogP contribution in [0.15, 0.2) is 23.5 Å². The van der Waals surface area contributed by atoms with Crippen LogP contribution in [-0.4, -0.2) is 16.4 Å². The molecular weight excluding hydrogens is 208 g/mol. The Labute approximate surface area is 93.4 Å². The van der Waals surface area contributed by atoms with E-state index in [-0.39, 0.29) is 0 Å². The molecule has 0 fully saturated rings. The first kappa shape index (κ1) is 11.5.